The van der Waals surface area contributed by atoms with Crippen LogP contribution in [0, 0.1) is 6.92 Å². The number of urea groups is 1. The summed E-state index contributed by atoms with van der Waals surface area (Å²) in [5, 5.41) is 5.00. The van der Waals surface area contributed by atoms with Crippen LogP contribution in [0.4, 0.5) is 10.5 Å². The van der Waals surface area contributed by atoms with Crippen molar-refractivity contribution in [3.05, 3.63) is 59.2 Å². The maximum Gasteiger partial charge on any atom is 0.339 e. The maximum absolute atomic E-state index is 12.1. The number of hydrogen-bond donors (Lipinski definition) is 2. The Balaban J connectivity index is 2.04. The standard InChI is InChI=1S/C19H20N2O6/c1-12-4-7-14(8-5-12)27-11-20-19(24)21-16-10-13(17(22)25-2)6-9-15(16)18(23)26-3/h4-10H,11H2,1-3H3,(H2,20,21,24). The molecular formula is C19H20N2O6. The normalized spacial score (nSPS) is 9.89. The molecule has 0 aliphatic heterocycles. The van der Waals surface area contributed by atoms with Crippen molar-refractivity contribution in [2.75, 3.05) is 26.3 Å². The maximum atomic E-state index is 12.1. The van der Waals surface area contributed by atoms with Gasteiger partial charge in [0.1, 0.15) is 5.75 Å². The monoisotopic (exact) mass is 372 g/mol. The SMILES string of the molecule is COC(=O)c1ccc(C(=O)OC)c(NC(=O)NCOc2ccc(C)cc2)c1. The van der Waals surface area contributed by atoms with Gasteiger partial charge in [-0.25, -0.2) is 14.4 Å². The summed E-state index contributed by atoms with van der Waals surface area (Å²) in [5.74, 6) is -0.654. The molecule has 0 atom stereocenters. The summed E-state index contributed by atoms with van der Waals surface area (Å²) in [5.41, 5.74) is 1.47. The molecule has 8 nitrogen and oxygen atoms in total. The van der Waals surface area contributed by atoms with Gasteiger partial charge in [0, 0.05) is 0 Å². The van der Waals surface area contributed by atoms with E-state index >= 15 is 0 Å². The van der Waals surface area contributed by atoms with E-state index in [0.717, 1.165) is 5.56 Å². The minimum absolute atomic E-state index is 0.0842. The second-order valence-electron chi connectivity index (χ2n) is 5.48. The lowest BCUT2D eigenvalue weighted by Crippen LogP contribution is -2.32. The zero-order valence-corrected chi connectivity index (χ0v) is 15.2. The summed E-state index contributed by atoms with van der Waals surface area (Å²) < 4.78 is 14.7. The molecule has 0 fully saturated rings. The lowest BCUT2D eigenvalue weighted by Gasteiger charge is -2.13. The zero-order valence-electron chi connectivity index (χ0n) is 15.2. The topological polar surface area (TPSA) is 103 Å². The average molecular weight is 372 g/mol. The number of esters is 2. The van der Waals surface area contributed by atoms with Crippen LogP contribution in [0.2, 0.25) is 0 Å². The number of benzene rings is 2. The number of methoxy groups -OCH3 is 2. The highest BCUT2D eigenvalue weighted by molar-refractivity contribution is 6.03. The van der Waals surface area contributed by atoms with E-state index in [9.17, 15) is 14.4 Å². The summed E-state index contributed by atoms with van der Waals surface area (Å²) in [6.07, 6.45) is 0. The number of carbonyl (C=O) groups is 3. The van der Waals surface area contributed by atoms with Crippen molar-refractivity contribution in [3.63, 3.8) is 0 Å². The number of aryl methyl sites for hydroxylation is 1. The smallest absolute Gasteiger partial charge is 0.339 e. The van der Waals surface area contributed by atoms with Crippen molar-refractivity contribution in [2.45, 2.75) is 6.92 Å². The van der Waals surface area contributed by atoms with Crippen molar-refractivity contribution in [1.82, 2.24) is 5.32 Å². The number of rotatable bonds is 6. The van der Waals surface area contributed by atoms with Crippen LogP contribution >= 0.6 is 0 Å². The summed E-state index contributed by atoms with van der Waals surface area (Å²) in [4.78, 5) is 35.6. The van der Waals surface area contributed by atoms with Crippen molar-refractivity contribution in [3.8, 4) is 5.75 Å². The second kappa shape index (κ2) is 9.23. The van der Waals surface area contributed by atoms with Crippen LogP contribution in [-0.4, -0.2) is 38.9 Å². The van der Waals surface area contributed by atoms with Crippen molar-refractivity contribution >= 4 is 23.7 Å². The Morgan fingerprint density at radius 2 is 1.59 bits per heavy atom. The second-order valence-corrected chi connectivity index (χ2v) is 5.48. The highest BCUT2D eigenvalue weighted by Gasteiger charge is 2.17. The van der Waals surface area contributed by atoms with E-state index < -0.39 is 18.0 Å². The average Bonchev–Trinajstić information content (AvgIpc) is 2.68. The van der Waals surface area contributed by atoms with Crippen LogP contribution in [0.3, 0.4) is 0 Å². The van der Waals surface area contributed by atoms with Gasteiger partial charge >= 0.3 is 18.0 Å². The molecule has 2 rings (SSSR count). The number of ether oxygens (including phenoxy) is 3. The van der Waals surface area contributed by atoms with E-state index in [4.69, 9.17) is 4.74 Å². The quantitative estimate of drug-likeness (QED) is 0.597. The molecule has 8 heteroatoms. The molecule has 0 radical (unpaired) electrons. The number of nitrogens with one attached hydrogen (secondary N) is 2. The highest BCUT2D eigenvalue weighted by Crippen LogP contribution is 2.19. The molecule has 0 aliphatic carbocycles. The molecule has 0 aromatic heterocycles. The summed E-state index contributed by atoms with van der Waals surface area (Å²) in [7, 11) is 2.45. The molecule has 2 amide bonds. The Kier molecular flexibility index (Phi) is 6.76. The van der Waals surface area contributed by atoms with Gasteiger partial charge in [0.25, 0.3) is 0 Å². The van der Waals surface area contributed by atoms with Gasteiger partial charge in [-0.05, 0) is 37.3 Å². The van der Waals surface area contributed by atoms with Gasteiger partial charge in [-0.1, -0.05) is 17.7 Å². The Hall–Kier alpha value is -3.55. The van der Waals surface area contributed by atoms with Crippen molar-refractivity contribution in [2.24, 2.45) is 0 Å². The Morgan fingerprint density at radius 1 is 0.926 bits per heavy atom. The van der Waals surface area contributed by atoms with Crippen molar-refractivity contribution in [1.29, 1.82) is 0 Å². The van der Waals surface area contributed by atoms with Crippen LogP contribution in [0.15, 0.2) is 42.5 Å². The predicted molar refractivity (Wildman–Crippen MR) is 97.9 cm³/mol. The molecule has 0 aliphatic rings. The van der Waals surface area contributed by atoms with E-state index in [0.29, 0.717) is 5.75 Å². The Morgan fingerprint density at radius 3 is 2.22 bits per heavy atom. The van der Waals surface area contributed by atoms with Gasteiger partial charge in [0.15, 0.2) is 6.73 Å². The highest BCUT2D eigenvalue weighted by atomic mass is 16.5. The molecule has 2 aromatic carbocycles. The summed E-state index contributed by atoms with van der Waals surface area (Å²) in [6, 6.07) is 10.8. The first kappa shape index (κ1) is 19.8. The molecule has 0 unspecified atom stereocenters. The fraction of sp³-hybridized carbons (Fsp3) is 0.211. The third-order valence-corrected chi connectivity index (χ3v) is 3.59. The molecule has 2 aromatic rings. The van der Waals surface area contributed by atoms with Crippen LogP contribution in [0.25, 0.3) is 0 Å². The van der Waals surface area contributed by atoms with Gasteiger partial charge in [-0.2, -0.15) is 0 Å². The number of amides is 2. The molecule has 2 N–H and O–H groups in total. The molecule has 142 valence electrons. The molecule has 0 spiro atoms. The van der Waals surface area contributed by atoms with Gasteiger partial charge in [-0.15, -0.1) is 0 Å². The molecule has 0 heterocycles. The molecule has 0 bridgehead atoms. The lowest BCUT2D eigenvalue weighted by molar-refractivity contribution is 0.0587. The minimum Gasteiger partial charge on any atom is -0.473 e. The zero-order chi connectivity index (χ0) is 19.8. The van der Waals surface area contributed by atoms with E-state index in [2.05, 4.69) is 20.1 Å². The fourth-order valence-electron chi connectivity index (χ4n) is 2.17. The van der Waals surface area contributed by atoms with Crippen molar-refractivity contribution < 1.29 is 28.6 Å². The third kappa shape index (κ3) is 5.46. The van der Waals surface area contributed by atoms with Crippen LogP contribution in [0.5, 0.6) is 5.75 Å². The number of carbonyl (C=O) groups excluding carboxylic acids is 3. The summed E-state index contributed by atoms with van der Waals surface area (Å²) >= 11 is 0. The largest absolute Gasteiger partial charge is 0.473 e. The van der Waals surface area contributed by atoms with Gasteiger partial charge < -0.3 is 24.8 Å². The van der Waals surface area contributed by atoms with E-state index in [1.54, 1.807) is 12.1 Å². The first-order chi connectivity index (χ1) is 12.9. The third-order valence-electron chi connectivity index (χ3n) is 3.59. The van der Waals surface area contributed by atoms with Gasteiger partial charge in [0.05, 0.1) is 31.0 Å². The first-order valence-corrected chi connectivity index (χ1v) is 7.99. The molecular weight excluding hydrogens is 352 g/mol. The van der Waals surface area contributed by atoms with Crippen LogP contribution in [0.1, 0.15) is 26.3 Å². The molecule has 0 saturated carbocycles. The first-order valence-electron chi connectivity index (χ1n) is 7.99. The summed E-state index contributed by atoms with van der Waals surface area (Å²) in [6.45, 7) is 1.87. The van der Waals surface area contributed by atoms with Gasteiger partial charge in [0.2, 0.25) is 0 Å². The minimum atomic E-state index is -0.655. The van der Waals surface area contributed by atoms with E-state index in [1.807, 2.05) is 19.1 Å². The Labute approximate surface area is 156 Å². The Bertz CT molecular complexity index is 833. The molecule has 0 saturated heterocycles. The van der Waals surface area contributed by atoms with E-state index in [1.165, 1.54) is 32.4 Å². The van der Waals surface area contributed by atoms with E-state index in [-0.39, 0.29) is 23.5 Å². The number of hydrogen-bond acceptors (Lipinski definition) is 6. The number of anilines is 1. The van der Waals surface area contributed by atoms with Crippen LogP contribution < -0.4 is 15.4 Å². The molecule has 27 heavy (non-hydrogen) atoms. The van der Waals surface area contributed by atoms with Crippen LogP contribution in [-0.2, 0) is 9.47 Å². The predicted octanol–water partition coefficient (Wildman–Crippen LogP) is 2.73. The van der Waals surface area contributed by atoms with Gasteiger partial charge in [-0.3, -0.25) is 0 Å². The lowest BCUT2D eigenvalue weighted by atomic mass is 10.1. The fourth-order valence-corrected chi connectivity index (χ4v) is 2.17.